The number of fused-ring (bicyclic) bond motifs is 2. The number of halogens is 1. The molecule has 0 N–H and O–H groups in total. The predicted molar refractivity (Wildman–Crippen MR) is 109 cm³/mol. The van der Waals surface area contributed by atoms with Gasteiger partial charge in [0.1, 0.15) is 5.01 Å². The number of nitrogens with zero attached hydrogens (tertiary/aromatic N) is 3. The first-order chi connectivity index (χ1) is 12.8. The average molecular weight is 374 g/mol. The molecule has 0 aliphatic rings. The topological polar surface area (TPSA) is 38.7 Å². The van der Waals surface area contributed by atoms with Crippen LogP contribution in [0.1, 0.15) is 0 Å². The van der Waals surface area contributed by atoms with E-state index in [2.05, 4.69) is 40.3 Å². The van der Waals surface area contributed by atoms with E-state index in [0.717, 1.165) is 38.2 Å². The Kier molecular flexibility index (Phi) is 3.66. The smallest absolute Gasteiger partial charge is 0.223 e. The molecule has 0 aliphatic heterocycles. The molecule has 5 aromatic rings. The van der Waals surface area contributed by atoms with Crippen molar-refractivity contribution in [3.05, 3.63) is 78.1 Å². The summed E-state index contributed by atoms with van der Waals surface area (Å²) in [7, 11) is 0. The van der Waals surface area contributed by atoms with Crippen LogP contribution >= 0.6 is 22.9 Å². The van der Waals surface area contributed by atoms with E-state index in [0.29, 0.717) is 0 Å². The highest BCUT2D eigenvalue weighted by atomic mass is 35.5. The minimum Gasteiger partial charge on any atom is -0.236 e. The molecular weight excluding hydrogens is 362 g/mol. The molecule has 26 heavy (non-hydrogen) atoms. The van der Waals surface area contributed by atoms with Gasteiger partial charge in [-0.1, -0.05) is 54.6 Å². The Labute approximate surface area is 159 Å². The monoisotopic (exact) mass is 373 g/mol. The van der Waals surface area contributed by atoms with Crippen molar-refractivity contribution in [3.8, 4) is 21.8 Å². The molecule has 0 saturated carbocycles. The van der Waals surface area contributed by atoms with Crippen LogP contribution in [0.2, 0.25) is 5.28 Å². The lowest BCUT2D eigenvalue weighted by Crippen LogP contribution is -1.91. The third-order valence-corrected chi connectivity index (χ3v) is 5.53. The van der Waals surface area contributed by atoms with E-state index < -0.39 is 0 Å². The predicted octanol–water partition coefficient (Wildman–Crippen LogP) is 6.23. The zero-order valence-corrected chi connectivity index (χ0v) is 15.1. The molecule has 0 fully saturated rings. The molecule has 0 amide bonds. The maximum atomic E-state index is 6.12. The lowest BCUT2D eigenvalue weighted by molar-refractivity contribution is 1.22. The normalized spacial score (nSPS) is 11.3. The van der Waals surface area contributed by atoms with Crippen LogP contribution in [0.25, 0.3) is 42.9 Å². The highest BCUT2D eigenvalue weighted by Crippen LogP contribution is 2.32. The molecule has 3 nitrogen and oxygen atoms in total. The quantitative estimate of drug-likeness (QED) is 0.344. The summed E-state index contributed by atoms with van der Waals surface area (Å²) in [6.45, 7) is 0. The Morgan fingerprint density at radius 1 is 0.654 bits per heavy atom. The third-order valence-electron chi connectivity index (χ3n) is 4.28. The van der Waals surface area contributed by atoms with Gasteiger partial charge in [-0.15, -0.1) is 11.3 Å². The van der Waals surface area contributed by atoms with Gasteiger partial charge >= 0.3 is 0 Å². The zero-order valence-electron chi connectivity index (χ0n) is 13.6. The zero-order chi connectivity index (χ0) is 17.5. The second-order valence-corrected chi connectivity index (χ2v) is 7.29. The Morgan fingerprint density at radius 2 is 1.35 bits per heavy atom. The van der Waals surface area contributed by atoms with Crippen LogP contribution in [0.5, 0.6) is 0 Å². The molecule has 0 spiro atoms. The van der Waals surface area contributed by atoms with E-state index in [-0.39, 0.29) is 5.28 Å². The van der Waals surface area contributed by atoms with E-state index in [4.69, 9.17) is 16.6 Å². The summed E-state index contributed by atoms with van der Waals surface area (Å²) in [5.74, 6) is 0. The van der Waals surface area contributed by atoms with Crippen molar-refractivity contribution in [1.29, 1.82) is 0 Å². The summed E-state index contributed by atoms with van der Waals surface area (Å²) in [5, 5.41) is 2.27. The van der Waals surface area contributed by atoms with Crippen molar-refractivity contribution >= 4 is 44.1 Å². The largest absolute Gasteiger partial charge is 0.236 e. The number of aromatic nitrogens is 3. The first-order valence-corrected chi connectivity index (χ1v) is 9.36. The summed E-state index contributed by atoms with van der Waals surface area (Å²) in [5.41, 5.74) is 4.83. The van der Waals surface area contributed by atoms with Gasteiger partial charge in [-0.2, -0.15) is 0 Å². The van der Waals surface area contributed by atoms with Crippen LogP contribution in [0.4, 0.5) is 0 Å². The van der Waals surface area contributed by atoms with Crippen LogP contribution < -0.4 is 0 Å². The fraction of sp³-hybridized carbons (Fsp3) is 0. The second kappa shape index (κ2) is 6.16. The van der Waals surface area contributed by atoms with Gasteiger partial charge in [0.25, 0.3) is 0 Å². The van der Waals surface area contributed by atoms with Crippen LogP contribution in [-0.4, -0.2) is 15.0 Å². The van der Waals surface area contributed by atoms with E-state index in [1.807, 2.05) is 42.5 Å². The molecule has 5 rings (SSSR count). The number of hydrogen-bond donors (Lipinski definition) is 0. The molecule has 2 heterocycles. The molecule has 0 radical (unpaired) electrons. The van der Waals surface area contributed by atoms with Crippen LogP contribution in [-0.2, 0) is 0 Å². The minimum absolute atomic E-state index is 0.258. The number of benzene rings is 3. The molecule has 5 heteroatoms. The molecular formula is C21H12ClN3S. The van der Waals surface area contributed by atoms with E-state index in [1.165, 1.54) is 4.70 Å². The maximum absolute atomic E-state index is 6.12. The Bertz CT molecular complexity index is 1210. The van der Waals surface area contributed by atoms with Crippen molar-refractivity contribution in [2.75, 3.05) is 0 Å². The summed E-state index contributed by atoms with van der Waals surface area (Å²) in [6.07, 6.45) is 0. The summed E-state index contributed by atoms with van der Waals surface area (Å²) < 4.78 is 1.19. The van der Waals surface area contributed by atoms with Crippen molar-refractivity contribution in [2.24, 2.45) is 0 Å². The molecule has 0 atom stereocenters. The highest BCUT2D eigenvalue weighted by Gasteiger charge is 2.10. The first-order valence-electron chi connectivity index (χ1n) is 8.16. The molecule has 0 saturated heterocycles. The summed E-state index contributed by atoms with van der Waals surface area (Å²) in [6, 6.07) is 24.4. The van der Waals surface area contributed by atoms with Gasteiger partial charge in [0.2, 0.25) is 5.28 Å². The average Bonchev–Trinajstić information content (AvgIpc) is 3.12. The van der Waals surface area contributed by atoms with Crippen molar-refractivity contribution in [2.45, 2.75) is 0 Å². The molecule has 124 valence electrons. The number of rotatable bonds is 2. The molecule has 3 aromatic carbocycles. The minimum atomic E-state index is 0.258. The van der Waals surface area contributed by atoms with Crippen LogP contribution in [0.3, 0.4) is 0 Å². The number of thiazole rings is 1. The lowest BCUT2D eigenvalue weighted by atomic mass is 10.0. The molecule has 0 bridgehead atoms. The van der Waals surface area contributed by atoms with Crippen LogP contribution in [0, 0.1) is 0 Å². The van der Waals surface area contributed by atoms with Gasteiger partial charge in [-0.3, -0.25) is 0 Å². The fourth-order valence-electron chi connectivity index (χ4n) is 3.03. The van der Waals surface area contributed by atoms with Gasteiger partial charge in [-0.25, -0.2) is 15.0 Å². The Balaban J connectivity index is 1.60. The maximum Gasteiger partial charge on any atom is 0.223 e. The lowest BCUT2D eigenvalue weighted by Gasteiger charge is -2.07. The fourth-order valence-corrected chi connectivity index (χ4v) is 4.18. The van der Waals surface area contributed by atoms with Gasteiger partial charge in [0, 0.05) is 16.5 Å². The van der Waals surface area contributed by atoms with E-state index in [1.54, 1.807) is 11.3 Å². The van der Waals surface area contributed by atoms with Crippen molar-refractivity contribution < 1.29 is 0 Å². The van der Waals surface area contributed by atoms with Crippen LogP contribution in [0.15, 0.2) is 72.8 Å². The standard InChI is InChI=1S/C21H12ClN3S/c22-21-24-16-6-2-1-5-15(16)19(25-21)13-9-11-14(12-10-13)20-23-17-7-3-4-8-18(17)26-20/h1-12H. The highest BCUT2D eigenvalue weighted by molar-refractivity contribution is 7.21. The Morgan fingerprint density at radius 3 is 2.15 bits per heavy atom. The van der Waals surface area contributed by atoms with Gasteiger partial charge < -0.3 is 0 Å². The SMILES string of the molecule is Clc1nc(-c2ccc(-c3nc4ccccc4s3)cc2)c2ccccc2n1. The first kappa shape index (κ1) is 15.4. The third kappa shape index (κ3) is 2.64. The van der Waals surface area contributed by atoms with Crippen molar-refractivity contribution in [3.63, 3.8) is 0 Å². The van der Waals surface area contributed by atoms with E-state index in [9.17, 15) is 0 Å². The second-order valence-electron chi connectivity index (χ2n) is 5.92. The Hall–Kier alpha value is -2.82. The van der Waals surface area contributed by atoms with Gasteiger partial charge in [-0.05, 0) is 29.8 Å². The van der Waals surface area contributed by atoms with Gasteiger partial charge in [0.05, 0.1) is 21.4 Å². The van der Waals surface area contributed by atoms with Gasteiger partial charge in [0.15, 0.2) is 0 Å². The summed E-state index contributed by atoms with van der Waals surface area (Å²) in [4.78, 5) is 13.5. The van der Waals surface area contributed by atoms with E-state index >= 15 is 0 Å². The molecule has 2 aromatic heterocycles. The number of para-hydroxylation sites is 2. The molecule has 0 unspecified atom stereocenters. The molecule has 0 aliphatic carbocycles. The summed E-state index contributed by atoms with van der Waals surface area (Å²) >= 11 is 7.81. The van der Waals surface area contributed by atoms with Crippen molar-refractivity contribution in [1.82, 2.24) is 15.0 Å². The number of hydrogen-bond acceptors (Lipinski definition) is 4.